The average Bonchev–Trinajstić information content (AvgIpc) is 3.28. The minimum absolute atomic E-state index is 0.0481. The van der Waals surface area contributed by atoms with Crippen LogP contribution in [0.25, 0.3) is 11.0 Å². The number of likely N-dealkylation sites (tertiary alicyclic amines) is 1. The number of benzene rings is 2. The summed E-state index contributed by atoms with van der Waals surface area (Å²) in [4.78, 5) is 27.6. The Kier molecular flexibility index (Phi) is 5.96. The first-order valence-electron chi connectivity index (χ1n) is 11.0. The lowest BCUT2D eigenvalue weighted by Crippen LogP contribution is -2.37. The predicted octanol–water partition coefficient (Wildman–Crippen LogP) is 4.66. The number of carbonyl (C=O) groups excluding carboxylic acids is 1. The van der Waals surface area contributed by atoms with Gasteiger partial charge in [0.05, 0.1) is 11.4 Å². The van der Waals surface area contributed by atoms with Gasteiger partial charge in [-0.15, -0.1) is 0 Å². The van der Waals surface area contributed by atoms with Gasteiger partial charge in [-0.05, 0) is 54.6 Å². The monoisotopic (exact) mass is 418 g/mol. The Labute approximate surface area is 183 Å². The Balaban J connectivity index is 1.54. The molecule has 2 heterocycles. The first-order chi connectivity index (χ1) is 14.8. The Morgan fingerprint density at radius 2 is 1.74 bits per heavy atom. The van der Waals surface area contributed by atoms with Crippen molar-refractivity contribution in [3.63, 3.8) is 0 Å². The molecule has 1 aliphatic rings. The number of amides is 1. The summed E-state index contributed by atoms with van der Waals surface area (Å²) in [6.07, 6.45) is 2.34. The van der Waals surface area contributed by atoms with Crippen molar-refractivity contribution in [1.82, 2.24) is 10.2 Å². The van der Waals surface area contributed by atoms with Gasteiger partial charge in [0.25, 0.3) is 5.91 Å². The third-order valence-corrected chi connectivity index (χ3v) is 6.06. The minimum Gasteiger partial charge on any atom is -0.451 e. The summed E-state index contributed by atoms with van der Waals surface area (Å²) in [5.41, 5.74) is 2.80. The van der Waals surface area contributed by atoms with Gasteiger partial charge in [0.1, 0.15) is 5.58 Å². The van der Waals surface area contributed by atoms with Gasteiger partial charge in [-0.25, -0.2) is 0 Å². The number of fused-ring (bicyclic) bond motifs is 1. The van der Waals surface area contributed by atoms with Crippen LogP contribution in [0.1, 0.15) is 61.3 Å². The molecule has 1 fully saturated rings. The SMILES string of the molecule is CC(C)(C)c1ccc([C@@H](CNC(=O)c2cc(=O)c3ccccc3o2)N2CCCC2)cc1. The van der Waals surface area contributed by atoms with E-state index in [4.69, 9.17) is 4.42 Å². The molecule has 3 aromatic rings. The zero-order chi connectivity index (χ0) is 22.0. The standard InChI is InChI=1S/C26H30N2O3/c1-26(2,3)19-12-10-18(11-13-19)21(28-14-6-7-15-28)17-27-25(30)24-16-22(29)20-8-4-5-9-23(20)31-24/h4-5,8-13,16,21H,6-7,14-15,17H2,1-3H3,(H,27,30)/t21-/m1/s1. The molecule has 1 N–H and O–H groups in total. The summed E-state index contributed by atoms with van der Waals surface area (Å²) in [6, 6.07) is 17.1. The van der Waals surface area contributed by atoms with Crippen LogP contribution in [-0.4, -0.2) is 30.4 Å². The molecule has 0 aliphatic carbocycles. The fraction of sp³-hybridized carbons (Fsp3) is 0.385. The second kappa shape index (κ2) is 8.67. The van der Waals surface area contributed by atoms with Gasteiger partial charge in [-0.3, -0.25) is 14.5 Å². The van der Waals surface area contributed by atoms with E-state index in [0.29, 0.717) is 17.5 Å². The zero-order valence-electron chi connectivity index (χ0n) is 18.5. The molecular formula is C26H30N2O3. The summed E-state index contributed by atoms with van der Waals surface area (Å²) in [5.74, 6) is -0.315. The molecular weight excluding hydrogens is 388 g/mol. The van der Waals surface area contributed by atoms with Crippen molar-refractivity contribution in [3.05, 3.63) is 81.7 Å². The van der Waals surface area contributed by atoms with Gasteiger partial charge in [-0.2, -0.15) is 0 Å². The van der Waals surface area contributed by atoms with E-state index in [1.807, 2.05) is 0 Å². The Bertz CT molecular complexity index is 1120. The summed E-state index contributed by atoms with van der Waals surface area (Å²) >= 11 is 0. The zero-order valence-corrected chi connectivity index (χ0v) is 18.5. The lowest BCUT2D eigenvalue weighted by atomic mass is 9.86. The lowest BCUT2D eigenvalue weighted by molar-refractivity contribution is 0.0910. The third kappa shape index (κ3) is 4.72. The first kappa shape index (κ1) is 21.3. The van der Waals surface area contributed by atoms with Crippen molar-refractivity contribution < 1.29 is 9.21 Å². The van der Waals surface area contributed by atoms with Crippen LogP contribution in [0.2, 0.25) is 0 Å². The van der Waals surface area contributed by atoms with Crippen molar-refractivity contribution in [3.8, 4) is 0 Å². The molecule has 162 valence electrons. The highest BCUT2D eigenvalue weighted by Gasteiger charge is 2.25. The molecule has 0 saturated carbocycles. The molecule has 0 radical (unpaired) electrons. The fourth-order valence-electron chi connectivity index (χ4n) is 4.21. The van der Waals surface area contributed by atoms with E-state index in [1.54, 1.807) is 24.3 Å². The van der Waals surface area contributed by atoms with Gasteiger partial charge >= 0.3 is 0 Å². The van der Waals surface area contributed by atoms with E-state index >= 15 is 0 Å². The van der Waals surface area contributed by atoms with Crippen LogP contribution >= 0.6 is 0 Å². The van der Waals surface area contributed by atoms with E-state index in [-0.39, 0.29) is 28.6 Å². The van der Waals surface area contributed by atoms with Crippen LogP contribution in [0, 0.1) is 0 Å². The molecule has 4 rings (SSSR count). The Morgan fingerprint density at radius 3 is 2.42 bits per heavy atom. The smallest absolute Gasteiger partial charge is 0.287 e. The highest BCUT2D eigenvalue weighted by molar-refractivity contribution is 5.93. The molecule has 1 aliphatic heterocycles. The van der Waals surface area contributed by atoms with E-state index < -0.39 is 0 Å². The predicted molar refractivity (Wildman–Crippen MR) is 124 cm³/mol. The van der Waals surface area contributed by atoms with E-state index in [2.05, 4.69) is 55.3 Å². The van der Waals surface area contributed by atoms with Gasteiger partial charge in [0.2, 0.25) is 0 Å². The van der Waals surface area contributed by atoms with E-state index in [1.165, 1.54) is 30.0 Å². The van der Waals surface area contributed by atoms with Crippen molar-refractivity contribution in [2.45, 2.75) is 45.1 Å². The first-order valence-corrected chi connectivity index (χ1v) is 11.0. The van der Waals surface area contributed by atoms with Crippen LogP contribution in [0.15, 0.2) is 63.8 Å². The molecule has 1 saturated heterocycles. The van der Waals surface area contributed by atoms with Crippen molar-refractivity contribution >= 4 is 16.9 Å². The summed E-state index contributed by atoms with van der Waals surface area (Å²) < 4.78 is 5.70. The molecule has 0 unspecified atom stereocenters. The lowest BCUT2D eigenvalue weighted by Gasteiger charge is -2.29. The second-order valence-electron chi connectivity index (χ2n) is 9.31. The molecule has 5 nitrogen and oxygen atoms in total. The maximum absolute atomic E-state index is 12.8. The number of hydrogen-bond acceptors (Lipinski definition) is 4. The maximum atomic E-state index is 12.8. The molecule has 0 bridgehead atoms. The molecule has 1 amide bonds. The normalized spacial score (nSPS) is 15.8. The quantitative estimate of drug-likeness (QED) is 0.655. The second-order valence-corrected chi connectivity index (χ2v) is 9.31. The minimum atomic E-state index is -0.363. The maximum Gasteiger partial charge on any atom is 0.287 e. The van der Waals surface area contributed by atoms with Crippen LogP contribution in [0.5, 0.6) is 0 Å². The average molecular weight is 419 g/mol. The molecule has 1 aromatic heterocycles. The molecule has 5 heteroatoms. The van der Waals surface area contributed by atoms with Crippen molar-refractivity contribution in [1.29, 1.82) is 0 Å². The largest absolute Gasteiger partial charge is 0.451 e. The Morgan fingerprint density at radius 1 is 1.06 bits per heavy atom. The summed E-state index contributed by atoms with van der Waals surface area (Å²) in [5, 5.41) is 3.48. The number of carbonyl (C=O) groups is 1. The summed E-state index contributed by atoms with van der Waals surface area (Å²) in [6.45, 7) is 9.12. The highest BCUT2D eigenvalue weighted by atomic mass is 16.3. The fourth-order valence-corrected chi connectivity index (χ4v) is 4.21. The van der Waals surface area contributed by atoms with Crippen LogP contribution in [-0.2, 0) is 5.41 Å². The van der Waals surface area contributed by atoms with Gasteiger partial charge < -0.3 is 9.73 Å². The van der Waals surface area contributed by atoms with Crippen LogP contribution in [0.3, 0.4) is 0 Å². The molecule has 0 spiro atoms. The molecule has 1 atom stereocenters. The summed E-state index contributed by atoms with van der Waals surface area (Å²) in [7, 11) is 0. The topological polar surface area (TPSA) is 62.6 Å². The van der Waals surface area contributed by atoms with E-state index in [0.717, 1.165) is 13.1 Å². The third-order valence-electron chi connectivity index (χ3n) is 6.06. The van der Waals surface area contributed by atoms with Crippen LogP contribution < -0.4 is 10.7 Å². The number of nitrogens with one attached hydrogen (secondary N) is 1. The number of rotatable bonds is 5. The van der Waals surface area contributed by atoms with Crippen LogP contribution in [0.4, 0.5) is 0 Å². The van der Waals surface area contributed by atoms with Crippen molar-refractivity contribution in [2.24, 2.45) is 0 Å². The van der Waals surface area contributed by atoms with Gasteiger partial charge in [0.15, 0.2) is 11.2 Å². The van der Waals surface area contributed by atoms with Gasteiger partial charge in [0, 0.05) is 12.6 Å². The number of para-hydroxylation sites is 1. The van der Waals surface area contributed by atoms with Crippen molar-refractivity contribution in [2.75, 3.05) is 19.6 Å². The number of nitrogens with zero attached hydrogens (tertiary/aromatic N) is 1. The molecule has 2 aromatic carbocycles. The van der Waals surface area contributed by atoms with E-state index in [9.17, 15) is 9.59 Å². The molecule has 31 heavy (non-hydrogen) atoms. The highest BCUT2D eigenvalue weighted by Crippen LogP contribution is 2.28. The van der Waals surface area contributed by atoms with Gasteiger partial charge in [-0.1, -0.05) is 57.2 Å². The number of hydrogen-bond donors (Lipinski definition) is 1. The Hall–Kier alpha value is -2.92.